The molecule has 0 aromatic heterocycles. The Kier molecular flexibility index (Phi) is 5.15. The molecule has 19 heavy (non-hydrogen) atoms. The van der Waals surface area contributed by atoms with Gasteiger partial charge in [-0.1, -0.05) is 78.9 Å². The van der Waals surface area contributed by atoms with Gasteiger partial charge in [0.2, 0.25) is 0 Å². The van der Waals surface area contributed by atoms with Gasteiger partial charge in [0.05, 0.1) is 6.61 Å². The monoisotopic (exact) mass is 250 g/mol. The van der Waals surface area contributed by atoms with Crippen LogP contribution < -0.4 is 0 Å². The van der Waals surface area contributed by atoms with Gasteiger partial charge in [0.25, 0.3) is 0 Å². The molecule has 0 unspecified atom stereocenters. The van der Waals surface area contributed by atoms with Gasteiger partial charge in [0.15, 0.2) is 0 Å². The van der Waals surface area contributed by atoms with Crippen LogP contribution >= 0.6 is 0 Å². The van der Waals surface area contributed by atoms with Crippen molar-refractivity contribution in [2.75, 3.05) is 6.61 Å². The quantitative estimate of drug-likeness (QED) is 0.678. The number of hydrogen-bond acceptors (Lipinski definition) is 1. The highest BCUT2D eigenvalue weighted by Gasteiger charge is 2.06. The molecule has 0 aliphatic carbocycles. The Morgan fingerprint density at radius 3 is 2.21 bits per heavy atom. The molecule has 0 radical (unpaired) electrons. The third kappa shape index (κ3) is 4.23. The topological polar surface area (TPSA) is 9.23 Å². The summed E-state index contributed by atoms with van der Waals surface area (Å²) in [6, 6.07) is 20.4. The zero-order valence-electron chi connectivity index (χ0n) is 10.9. The maximum Gasteiger partial charge on any atom is 0.101 e. The normalized spacial score (nSPS) is 12.4. The first-order valence-electron chi connectivity index (χ1n) is 6.41. The van der Waals surface area contributed by atoms with Gasteiger partial charge < -0.3 is 4.74 Å². The fraction of sp³-hybridized carbons (Fsp3) is 0.111. The van der Waals surface area contributed by atoms with E-state index in [4.69, 9.17) is 4.74 Å². The largest absolute Gasteiger partial charge is 0.365 e. The molecular formula is C18H18O. The van der Waals surface area contributed by atoms with Crippen LogP contribution in [0.4, 0.5) is 0 Å². The zero-order chi connectivity index (χ0) is 13.3. The third-order valence-electron chi connectivity index (χ3n) is 2.78. The van der Waals surface area contributed by atoms with E-state index in [0.717, 1.165) is 5.56 Å². The number of ether oxygens (including phenoxy) is 1. The molecule has 0 spiro atoms. The number of benzene rings is 2. The maximum absolute atomic E-state index is 5.79. The molecule has 0 aliphatic heterocycles. The smallest absolute Gasteiger partial charge is 0.101 e. The molecule has 2 aromatic rings. The zero-order valence-corrected chi connectivity index (χ0v) is 10.9. The fourth-order valence-electron chi connectivity index (χ4n) is 1.84. The molecule has 96 valence electrons. The molecule has 0 heterocycles. The Morgan fingerprint density at radius 1 is 0.947 bits per heavy atom. The van der Waals surface area contributed by atoms with Gasteiger partial charge in [-0.05, 0) is 11.1 Å². The van der Waals surface area contributed by atoms with Gasteiger partial charge in [-0.3, -0.25) is 0 Å². The van der Waals surface area contributed by atoms with E-state index in [2.05, 4.69) is 43.0 Å². The first-order valence-corrected chi connectivity index (χ1v) is 6.41. The minimum atomic E-state index is -0.0422. The van der Waals surface area contributed by atoms with Crippen LogP contribution in [-0.2, 0) is 4.74 Å². The molecule has 1 nitrogen and oxygen atoms in total. The average Bonchev–Trinajstić information content (AvgIpc) is 2.49. The predicted molar refractivity (Wildman–Crippen MR) is 80.8 cm³/mol. The summed E-state index contributed by atoms with van der Waals surface area (Å²) in [5, 5.41) is 0. The molecule has 0 aliphatic rings. The van der Waals surface area contributed by atoms with Crippen molar-refractivity contribution in [3.63, 3.8) is 0 Å². The molecule has 0 saturated carbocycles. The van der Waals surface area contributed by atoms with Gasteiger partial charge >= 0.3 is 0 Å². The van der Waals surface area contributed by atoms with Crippen molar-refractivity contribution >= 4 is 6.08 Å². The van der Waals surface area contributed by atoms with Gasteiger partial charge in [0.1, 0.15) is 6.10 Å². The summed E-state index contributed by atoms with van der Waals surface area (Å²) in [5.41, 5.74) is 2.32. The van der Waals surface area contributed by atoms with Gasteiger partial charge in [-0.2, -0.15) is 0 Å². The lowest BCUT2D eigenvalue weighted by atomic mass is 10.1. The van der Waals surface area contributed by atoms with Crippen molar-refractivity contribution in [3.05, 3.63) is 90.5 Å². The molecule has 0 saturated heterocycles. The number of rotatable bonds is 6. The SMILES string of the molecule is C=CCO[C@@H](/C=C/c1ccccc1)c1ccccc1. The van der Waals surface area contributed by atoms with Crippen molar-refractivity contribution in [2.45, 2.75) is 6.10 Å². The summed E-state index contributed by atoms with van der Waals surface area (Å²) in [6.45, 7) is 4.24. The highest BCUT2D eigenvalue weighted by molar-refractivity contribution is 5.50. The van der Waals surface area contributed by atoms with Crippen LogP contribution in [-0.4, -0.2) is 6.61 Å². The van der Waals surface area contributed by atoms with E-state index in [0.29, 0.717) is 6.61 Å². The van der Waals surface area contributed by atoms with E-state index >= 15 is 0 Å². The van der Waals surface area contributed by atoms with Gasteiger partial charge in [-0.15, -0.1) is 6.58 Å². The van der Waals surface area contributed by atoms with E-state index in [-0.39, 0.29) is 6.10 Å². The first kappa shape index (κ1) is 13.3. The lowest BCUT2D eigenvalue weighted by molar-refractivity contribution is 0.111. The molecule has 1 heteroatoms. The number of hydrogen-bond donors (Lipinski definition) is 0. The molecule has 0 bridgehead atoms. The third-order valence-corrected chi connectivity index (χ3v) is 2.78. The van der Waals surface area contributed by atoms with Crippen molar-refractivity contribution in [2.24, 2.45) is 0 Å². The van der Waals surface area contributed by atoms with Crippen LogP contribution in [0, 0.1) is 0 Å². The van der Waals surface area contributed by atoms with Crippen LogP contribution in [0.2, 0.25) is 0 Å². The summed E-state index contributed by atoms with van der Waals surface area (Å²) in [6.07, 6.45) is 5.89. The molecule has 0 fully saturated rings. The van der Waals surface area contributed by atoms with Crippen LogP contribution in [0.5, 0.6) is 0 Å². The minimum absolute atomic E-state index is 0.0422. The summed E-state index contributed by atoms with van der Waals surface area (Å²) in [5.74, 6) is 0. The predicted octanol–water partition coefficient (Wildman–Crippen LogP) is 4.64. The lowest BCUT2D eigenvalue weighted by Gasteiger charge is -2.13. The Balaban J connectivity index is 2.14. The second-order valence-electron chi connectivity index (χ2n) is 4.22. The fourth-order valence-corrected chi connectivity index (χ4v) is 1.84. The van der Waals surface area contributed by atoms with Crippen molar-refractivity contribution in [1.82, 2.24) is 0 Å². The van der Waals surface area contributed by atoms with E-state index < -0.39 is 0 Å². The van der Waals surface area contributed by atoms with Crippen LogP contribution in [0.15, 0.2) is 79.4 Å². The Bertz CT molecular complexity index is 514. The van der Waals surface area contributed by atoms with Gasteiger partial charge in [-0.25, -0.2) is 0 Å². The second-order valence-corrected chi connectivity index (χ2v) is 4.22. The summed E-state index contributed by atoms with van der Waals surface area (Å²) >= 11 is 0. The van der Waals surface area contributed by atoms with Crippen molar-refractivity contribution < 1.29 is 4.74 Å². The second kappa shape index (κ2) is 7.34. The molecule has 2 aromatic carbocycles. The molecule has 1 atom stereocenters. The van der Waals surface area contributed by atoms with E-state index in [1.807, 2.05) is 36.4 Å². The summed E-state index contributed by atoms with van der Waals surface area (Å²) in [4.78, 5) is 0. The van der Waals surface area contributed by atoms with Crippen molar-refractivity contribution in [3.8, 4) is 0 Å². The van der Waals surface area contributed by atoms with E-state index in [1.54, 1.807) is 6.08 Å². The summed E-state index contributed by atoms with van der Waals surface area (Å²) in [7, 11) is 0. The minimum Gasteiger partial charge on any atom is -0.365 e. The Labute approximate surface area is 114 Å². The van der Waals surface area contributed by atoms with Gasteiger partial charge in [0, 0.05) is 0 Å². The Hall–Kier alpha value is -2.12. The molecular weight excluding hydrogens is 232 g/mol. The molecule has 0 amide bonds. The lowest BCUT2D eigenvalue weighted by Crippen LogP contribution is -2.01. The van der Waals surface area contributed by atoms with E-state index in [9.17, 15) is 0 Å². The average molecular weight is 250 g/mol. The van der Waals surface area contributed by atoms with Crippen LogP contribution in [0.3, 0.4) is 0 Å². The highest BCUT2D eigenvalue weighted by Crippen LogP contribution is 2.20. The van der Waals surface area contributed by atoms with Crippen molar-refractivity contribution in [1.29, 1.82) is 0 Å². The molecule has 0 N–H and O–H groups in total. The first-order chi connectivity index (χ1) is 9.40. The van der Waals surface area contributed by atoms with E-state index in [1.165, 1.54) is 5.56 Å². The highest BCUT2D eigenvalue weighted by atomic mass is 16.5. The Morgan fingerprint density at radius 2 is 1.58 bits per heavy atom. The van der Waals surface area contributed by atoms with Crippen LogP contribution in [0.25, 0.3) is 6.08 Å². The summed E-state index contributed by atoms with van der Waals surface area (Å²) < 4.78 is 5.79. The standard InChI is InChI=1S/C18H18O/c1-2-15-19-18(17-11-7-4-8-12-17)14-13-16-9-5-3-6-10-16/h2-14,18H,1,15H2/b14-13+/t18-/m0/s1. The molecule has 2 rings (SSSR count). The maximum atomic E-state index is 5.79. The van der Waals surface area contributed by atoms with Crippen LogP contribution in [0.1, 0.15) is 17.2 Å².